The number of carbonyl (C=O) groups is 1. The summed E-state index contributed by atoms with van der Waals surface area (Å²) in [4.78, 5) is 31.4. The number of anilines is 1. The first-order valence-corrected chi connectivity index (χ1v) is 12.4. The number of rotatable bonds is 5. The van der Waals surface area contributed by atoms with Crippen molar-refractivity contribution in [3.8, 4) is 5.69 Å². The van der Waals surface area contributed by atoms with Crippen LogP contribution >= 0.6 is 23.1 Å². The summed E-state index contributed by atoms with van der Waals surface area (Å²) in [5.74, 6) is 1.49. The standard InChI is InChI=1S/C23H24N6OS2/c1-16-11-17(2)13-18(12-16)29-5-4-24-23(29)32-14-20(30)27-6-8-28(9-7-27)21-19-3-10-31-22(19)26-15-25-21/h3-5,10-13,15H,6-9,14H2,1-2H3. The van der Waals surface area contributed by atoms with Gasteiger partial charge in [-0.1, -0.05) is 17.8 Å². The maximum atomic E-state index is 12.9. The lowest BCUT2D eigenvalue weighted by Gasteiger charge is -2.35. The number of hydrogen-bond donors (Lipinski definition) is 0. The van der Waals surface area contributed by atoms with E-state index in [1.165, 1.54) is 22.9 Å². The molecule has 4 aromatic rings. The highest BCUT2D eigenvalue weighted by Crippen LogP contribution is 2.28. The molecular formula is C23H24N6OS2. The average molecular weight is 465 g/mol. The van der Waals surface area contributed by atoms with Crippen LogP contribution < -0.4 is 4.90 Å². The number of aromatic nitrogens is 4. The lowest BCUT2D eigenvalue weighted by atomic mass is 10.1. The highest BCUT2D eigenvalue weighted by atomic mass is 32.2. The van der Waals surface area contributed by atoms with E-state index in [2.05, 4.69) is 62.5 Å². The fraction of sp³-hybridized carbons (Fsp3) is 0.304. The molecule has 4 heterocycles. The molecule has 7 nitrogen and oxygen atoms in total. The summed E-state index contributed by atoms with van der Waals surface area (Å²) in [6.07, 6.45) is 5.36. The molecule has 0 saturated carbocycles. The number of thiophene rings is 1. The summed E-state index contributed by atoms with van der Waals surface area (Å²) >= 11 is 3.11. The first kappa shape index (κ1) is 21.0. The van der Waals surface area contributed by atoms with Crippen molar-refractivity contribution >= 4 is 45.0 Å². The van der Waals surface area contributed by atoms with E-state index in [0.717, 1.165) is 40.0 Å². The van der Waals surface area contributed by atoms with Gasteiger partial charge in [-0.15, -0.1) is 11.3 Å². The first-order chi connectivity index (χ1) is 15.6. The topological polar surface area (TPSA) is 67.2 Å². The van der Waals surface area contributed by atoms with Gasteiger partial charge < -0.3 is 9.80 Å². The average Bonchev–Trinajstić information content (AvgIpc) is 3.46. The second-order valence-corrected chi connectivity index (χ2v) is 9.76. The van der Waals surface area contributed by atoms with Crippen molar-refractivity contribution in [2.75, 3.05) is 36.8 Å². The minimum absolute atomic E-state index is 0.146. The molecule has 0 bridgehead atoms. The summed E-state index contributed by atoms with van der Waals surface area (Å²) in [5, 5.41) is 3.97. The fourth-order valence-electron chi connectivity index (χ4n) is 4.10. The minimum Gasteiger partial charge on any atom is -0.352 e. The quantitative estimate of drug-likeness (QED) is 0.417. The lowest BCUT2D eigenvalue weighted by molar-refractivity contribution is -0.128. The van der Waals surface area contributed by atoms with Crippen LogP contribution in [0.25, 0.3) is 15.9 Å². The van der Waals surface area contributed by atoms with Crippen LogP contribution in [0, 0.1) is 13.8 Å². The number of benzene rings is 1. The van der Waals surface area contributed by atoms with Gasteiger partial charge in [-0.05, 0) is 48.6 Å². The number of thioether (sulfide) groups is 1. The Morgan fingerprint density at radius 1 is 1.06 bits per heavy atom. The molecule has 1 aliphatic heterocycles. The lowest BCUT2D eigenvalue weighted by Crippen LogP contribution is -2.49. The van der Waals surface area contributed by atoms with Crippen LogP contribution in [0.2, 0.25) is 0 Å². The molecule has 3 aromatic heterocycles. The molecule has 0 N–H and O–H groups in total. The zero-order valence-corrected chi connectivity index (χ0v) is 19.7. The molecule has 1 fully saturated rings. The number of amides is 1. The van der Waals surface area contributed by atoms with E-state index in [1.54, 1.807) is 23.9 Å². The Bertz CT molecular complexity index is 1240. The predicted octanol–water partition coefficient (Wildman–Crippen LogP) is 3.93. The third-order valence-electron chi connectivity index (χ3n) is 5.59. The van der Waals surface area contributed by atoms with Gasteiger partial charge in [0, 0.05) is 44.3 Å². The number of carbonyl (C=O) groups excluding carboxylic acids is 1. The van der Waals surface area contributed by atoms with Gasteiger partial charge in [0.25, 0.3) is 0 Å². The van der Waals surface area contributed by atoms with Crippen LogP contribution in [0.3, 0.4) is 0 Å². The number of nitrogens with zero attached hydrogens (tertiary/aromatic N) is 6. The summed E-state index contributed by atoms with van der Waals surface area (Å²) in [5.41, 5.74) is 3.50. The molecule has 164 valence electrons. The van der Waals surface area contributed by atoms with Crippen LogP contribution in [0.4, 0.5) is 5.82 Å². The van der Waals surface area contributed by atoms with E-state index in [1.807, 2.05) is 16.5 Å². The van der Waals surface area contributed by atoms with E-state index < -0.39 is 0 Å². The molecule has 9 heteroatoms. The molecule has 0 aliphatic carbocycles. The zero-order chi connectivity index (χ0) is 22.1. The summed E-state index contributed by atoms with van der Waals surface area (Å²) in [6, 6.07) is 8.50. The van der Waals surface area contributed by atoms with Gasteiger partial charge in [0.1, 0.15) is 17.0 Å². The van der Waals surface area contributed by atoms with E-state index in [9.17, 15) is 4.79 Å². The maximum absolute atomic E-state index is 12.9. The second-order valence-electron chi connectivity index (χ2n) is 7.92. The molecule has 0 unspecified atom stereocenters. The van der Waals surface area contributed by atoms with Gasteiger partial charge in [0.05, 0.1) is 11.1 Å². The van der Waals surface area contributed by atoms with Crippen molar-refractivity contribution in [1.82, 2.24) is 24.4 Å². The van der Waals surface area contributed by atoms with Crippen LogP contribution in [-0.2, 0) is 4.79 Å². The third kappa shape index (κ3) is 4.22. The van der Waals surface area contributed by atoms with Gasteiger partial charge in [-0.25, -0.2) is 15.0 Å². The van der Waals surface area contributed by atoms with Crippen molar-refractivity contribution in [1.29, 1.82) is 0 Å². The fourth-order valence-corrected chi connectivity index (χ4v) is 5.70. The molecular weight excluding hydrogens is 440 g/mol. The van der Waals surface area contributed by atoms with Gasteiger partial charge in [-0.2, -0.15) is 0 Å². The maximum Gasteiger partial charge on any atom is 0.233 e. The van der Waals surface area contributed by atoms with Crippen molar-refractivity contribution in [2.24, 2.45) is 0 Å². The molecule has 1 saturated heterocycles. The van der Waals surface area contributed by atoms with Crippen molar-refractivity contribution in [3.05, 3.63) is 59.5 Å². The SMILES string of the molecule is Cc1cc(C)cc(-n2ccnc2SCC(=O)N2CCN(c3ncnc4sccc34)CC2)c1. The Kier molecular flexibility index (Phi) is 5.84. The Labute approximate surface area is 195 Å². The van der Waals surface area contributed by atoms with Gasteiger partial charge in [0.2, 0.25) is 5.91 Å². The van der Waals surface area contributed by atoms with Gasteiger partial charge in [-0.3, -0.25) is 9.36 Å². The van der Waals surface area contributed by atoms with Crippen molar-refractivity contribution in [3.63, 3.8) is 0 Å². The zero-order valence-electron chi connectivity index (χ0n) is 18.1. The normalized spacial score (nSPS) is 14.3. The number of piperazine rings is 1. The third-order valence-corrected chi connectivity index (χ3v) is 7.36. The van der Waals surface area contributed by atoms with Crippen LogP contribution in [-0.4, -0.2) is 62.3 Å². The first-order valence-electron chi connectivity index (χ1n) is 10.5. The van der Waals surface area contributed by atoms with Gasteiger partial charge in [0.15, 0.2) is 5.16 Å². The number of fused-ring (bicyclic) bond motifs is 1. The van der Waals surface area contributed by atoms with Crippen LogP contribution in [0.1, 0.15) is 11.1 Å². The number of hydrogen-bond acceptors (Lipinski definition) is 7. The van der Waals surface area contributed by atoms with E-state index in [0.29, 0.717) is 18.8 Å². The second kappa shape index (κ2) is 8.91. The van der Waals surface area contributed by atoms with Crippen LogP contribution in [0.15, 0.2) is 53.5 Å². The molecule has 1 aliphatic rings. The van der Waals surface area contributed by atoms with Crippen molar-refractivity contribution < 1.29 is 4.79 Å². The largest absolute Gasteiger partial charge is 0.352 e. The van der Waals surface area contributed by atoms with Gasteiger partial charge >= 0.3 is 0 Å². The summed E-state index contributed by atoms with van der Waals surface area (Å²) in [7, 11) is 0. The molecule has 5 rings (SSSR count). The van der Waals surface area contributed by atoms with E-state index in [4.69, 9.17) is 0 Å². The van der Waals surface area contributed by atoms with E-state index in [-0.39, 0.29) is 5.91 Å². The molecule has 0 atom stereocenters. The summed E-state index contributed by atoms with van der Waals surface area (Å²) in [6.45, 7) is 7.12. The van der Waals surface area contributed by atoms with E-state index >= 15 is 0 Å². The molecule has 0 spiro atoms. The monoisotopic (exact) mass is 464 g/mol. The molecule has 1 aromatic carbocycles. The number of imidazole rings is 1. The van der Waals surface area contributed by atoms with Crippen molar-refractivity contribution in [2.45, 2.75) is 19.0 Å². The number of aryl methyl sites for hydroxylation is 2. The highest BCUT2D eigenvalue weighted by molar-refractivity contribution is 7.99. The molecule has 0 radical (unpaired) electrons. The Hall–Kier alpha value is -2.91. The van der Waals surface area contributed by atoms with Crippen LogP contribution in [0.5, 0.6) is 0 Å². The molecule has 32 heavy (non-hydrogen) atoms. The smallest absolute Gasteiger partial charge is 0.233 e. The highest BCUT2D eigenvalue weighted by Gasteiger charge is 2.24. The Balaban J connectivity index is 1.20. The Morgan fingerprint density at radius 2 is 1.84 bits per heavy atom. The Morgan fingerprint density at radius 3 is 2.62 bits per heavy atom. The summed E-state index contributed by atoms with van der Waals surface area (Å²) < 4.78 is 2.05. The predicted molar refractivity (Wildman–Crippen MR) is 130 cm³/mol. The molecule has 1 amide bonds. The minimum atomic E-state index is 0.146.